The minimum Gasteiger partial charge on any atom is -0.497 e. The Morgan fingerprint density at radius 1 is 0.914 bits per heavy atom. The van der Waals surface area contributed by atoms with Crippen molar-refractivity contribution in [2.75, 3.05) is 32.3 Å². The molecule has 1 atom stereocenters. The van der Waals surface area contributed by atoms with Crippen LogP contribution in [0.3, 0.4) is 0 Å². The van der Waals surface area contributed by atoms with Crippen molar-refractivity contribution >= 4 is 22.6 Å². The summed E-state index contributed by atoms with van der Waals surface area (Å²) in [6.07, 6.45) is 1.24. The number of methoxy groups -OCH3 is 2. The Bertz CT molecular complexity index is 1320. The highest BCUT2D eigenvalue weighted by molar-refractivity contribution is 5.96. The fraction of sp³-hybridized carbons (Fsp3) is 0.286. The van der Waals surface area contributed by atoms with Crippen molar-refractivity contribution in [2.24, 2.45) is 0 Å². The number of para-hydroxylation sites is 4. The number of anilines is 1. The third kappa shape index (κ3) is 4.67. The van der Waals surface area contributed by atoms with Crippen molar-refractivity contribution in [1.82, 2.24) is 9.55 Å². The normalized spacial score (nSPS) is 15.5. The lowest BCUT2D eigenvalue weighted by Crippen LogP contribution is -2.24. The average Bonchev–Trinajstić information content (AvgIpc) is 3.47. The molecule has 0 N–H and O–H groups in total. The van der Waals surface area contributed by atoms with Gasteiger partial charge in [-0.25, -0.2) is 4.98 Å². The molecule has 0 spiro atoms. The molecule has 0 radical (unpaired) electrons. The van der Waals surface area contributed by atoms with Gasteiger partial charge in [0.25, 0.3) is 0 Å². The predicted molar refractivity (Wildman–Crippen MR) is 136 cm³/mol. The number of rotatable bonds is 9. The molecular weight excluding hydrogens is 442 g/mol. The van der Waals surface area contributed by atoms with E-state index in [1.54, 1.807) is 14.2 Å². The second-order valence-corrected chi connectivity index (χ2v) is 8.57. The predicted octanol–water partition coefficient (Wildman–Crippen LogP) is 5.04. The zero-order valence-corrected chi connectivity index (χ0v) is 20.0. The van der Waals surface area contributed by atoms with Gasteiger partial charge >= 0.3 is 0 Å². The zero-order valence-electron chi connectivity index (χ0n) is 20.0. The molecule has 1 aromatic heterocycles. The first-order valence-electron chi connectivity index (χ1n) is 11.8. The molecule has 2 heterocycles. The van der Waals surface area contributed by atoms with E-state index in [9.17, 15) is 4.79 Å². The molecule has 35 heavy (non-hydrogen) atoms. The number of carbonyl (C=O) groups excluding carboxylic acids is 1. The first-order valence-corrected chi connectivity index (χ1v) is 11.8. The van der Waals surface area contributed by atoms with Gasteiger partial charge in [-0.15, -0.1) is 0 Å². The lowest BCUT2D eigenvalue weighted by Gasteiger charge is -2.18. The Labute approximate surface area is 204 Å². The summed E-state index contributed by atoms with van der Waals surface area (Å²) >= 11 is 0. The molecule has 1 aliphatic rings. The lowest BCUT2D eigenvalue weighted by molar-refractivity contribution is -0.117. The van der Waals surface area contributed by atoms with E-state index in [0.717, 1.165) is 52.8 Å². The molecule has 0 saturated carbocycles. The maximum atomic E-state index is 12.9. The Morgan fingerprint density at radius 3 is 2.43 bits per heavy atom. The number of aromatic nitrogens is 2. The van der Waals surface area contributed by atoms with Crippen molar-refractivity contribution in [1.29, 1.82) is 0 Å². The molecular formula is C28H29N3O4. The van der Waals surface area contributed by atoms with Gasteiger partial charge in [0.1, 0.15) is 11.6 Å². The lowest BCUT2D eigenvalue weighted by atomic mass is 10.1. The number of hydrogen-bond donors (Lipinski definition) is 0. The molecule has 3 aromatic carbocycles. The highest BCUT2D eigenvalue weighted by Gasteiger charge is 2.34. The molecule has 5 rings (SSSR count). The number of nitrogens with zero attached hydrogens (tertiary/aromatic N) is 3. The van der Waals surface area contributed by atoms with E-state index in [1.165, 1.54) is 0 Å². The van der Waals surface area contributed by atoms with Crippen LogP contribution in [0.1, 0.15) is 24.6 Å². The quantitative estimate of drug-likeness (QED) is 0.320. The fourth-order valence-corrected chi connectivity index (χ4v) is 4.68. The van der Waals surface area contributed by atoms with Crippen LogP contribution >= 0.6 is 0 Å². The van der Waals surface area contributed by atoms with E-state index >= 15 is 0 Å². The SMILES string of the molecule is COc1ccc(N2CC(c3nc4ccccc4n3CCCOc3ccccc3OC)CC2=O)cc1. The van der Waals surface area contributed by atoms with Crippen LogP contribution in [0.25, 0.3) is 11.0 Å². The Hall–Kier alpha value is -4.00. The summed E-state index contributed by atoms with van der Waals surface area (Å²) in [7, 11) is 3.28. The van der Waals surface area contributed by atoms with Gasteiger partial charge in [-0.05, 0) is 55.0 Å². The maximum absolute atomic E-state index is 12.9. The molecule has 0 aliphatic carbocycles. The number of hydrogen-bond acceptors (Lipinski definition) is 5. The molecule has 4 aromatic rings. The molecule has 1 unspecified atom stereocenters. The summed E-state index contributed by atoms with van der Waals surface area (Å²) in [5.74, 6) is 3.32. The summed E-state index contributed by atoms with van der Waals surface area (Å²) in [4.78, 5) is 19.7. The minimum absolute atomic E-state index is 0.0205. The third-order valence-corrected chi connectivity index (χ3v) is 6.41. The van der Waals surface area contributed by atoms with Gasteiger partial charge in [0.05, 0.1) is 31.9 Å². The van der Waals surface area contributed by atoms with E-state index in [4.69, 9.17) is 19.2 Å². The fourth-order valence-electron chi connectivity index (χ4n) is 4.68. The molecule has 7 heteroatoms. The largest absolute Gasteiger partial charge is 0.497 e. The molecule has 1 saturated heterocycles. The Balaban J connectivity index is 1.33. The van der Waals surface area contributed by atoms with E-state index < -0.39 is 0 Å². The monoisotopic (exact) mass is 471 g/mol. The van der Waals surface area contributed by atoms with Crippen LogP contribution in [0.4, 0.5) is 5.69 Å². The first-order chi connectivity index (χ1) is 17.2. The Kier molecular flexibility index (Phi) is 6.57. The summed E-state index contributed by atoms with van der Waals surface area (Å²) in [6.45, 7) is 1.90. The highest BCUT2D eigenvalue weighted by atomic mass is 16.5. The number of benzene rings is 3. The molecule has 1 aliphatic heterocycles. The molecule has 1 amide bonds. The van der Waals surface area contributed by atoms with Crippen LogP contribution in [-0.2, 0) is 11.3 Å². The van der Waals surface area contributed by atoms with Gasteiger partial charge < -0.3 is 23.7 Å². The van der Waals surface area contributed by atoms with Crippen LogP contribution < -0.4 is 19.1 Å². The third-order valence-electron chi connectivity index (χ3n) is 6.41. The van der Waals surface area contributed by atoms with Crippen molar-refractivity contribution in [3.8, 4) is 17.2 Å². The van der Waals surface area contributed by atoms with Crippen LogP contribution in [0.2, 0.25) is 0 Å². The van der Waals surface area contributed by atoms with Crippen molar-refractivity contribution in [3.63, 3.8) is 0 Å². The standard InChI is InChI=1S/C28H29N3O4/c1-33-22-14-12-21(13-15-22)31-19-20(18-27(31)32)28-29-23-8-3-4-9-24(23)30(28)16-7-17-35-26-11-6-5-10-25(26)34-2/h3-6,8-15,20H,7,16-19H2,1-2H3. The smallest absolute Gasteiger partial charge is 0.227 e. The number of imidazole rings is 1. The second-order valence-electron chi connectivity index (χ2n) is 8.57. The van der Waals surface area contributed by atoms with E-state index in [0.29, 0.717) is 19.6 Å². The van der Waals surface area contributed by atoms with Gasteiger partial charge in [0.15, 0.2) is 11.5 Å². The molecule has 180 valence electrons. The summed E-state index contributed by atoms with van der Waals surface area (Å²) in [5.41, 5.74) is 2.91. The van der Waals surface area contributed by atoms with Crippen molar-refractivity contribution in [3.05, 3.63) is 78.6 Å². The second kappa shape index (κ2) is 10.1. The van der Waals surface area contributed by atoms with Crippen molar-refractivity contribution < 1.29 is 19.0 Å². The zero-order chi connectivity index (χ0) is 24.2. The highest BCUT2D eigenvalue weighted by Crippen LogP contribution is 2.34. The first kappa shape index (κ1) is 22.8. The van der Waals surface area contributed by atoms with E-state index in [1.807, 2.05) is 71.6 Å². The summed E-state index contributed by atoms with van der Waals surface area (Å²) in [5, 5.41) is 0. The van der Waals surface area contributed by atoms with Gasteiger partial charge in [-0.2, -0.15) is 0 Å². The molecule has 7 nitrogen and oxygen atoms in total. The van der Waals surface area contributed by atoms with Gasteiger partial charge in [-0.3, -0.25) is 4.79 Å². The van der Waals surface area contributed by atoms with Crippen LogP contribution in [0, 0.1) is 0 Å². The average molecular weight is 472 g/mol. The van der Waals surface area contributed by atoms with Crippen LogP contribution in [-0.4, -0.2) is 42.8 Å². The number of carbonyl (C=O) groups is 1. The van der Waals surface area contributed by atoms with Gasteiger partial charge in [-0.1, -0.05) is 24.3 Å². The van der Waals surface area contributed by atoms with E-state index in [-0.39, 0.29) is 11.8 Å². The maximum Gasteiger partial charge on any atom is 0.227 e. The van der Waals surface area contributed by atoms with Crippen LogP contribution in [0.5, 0.6) is 17.2 Å². The minimum atomic E-state index is 0.0205. The summed E-state index contributed by atoms with van der Waals surface area (Å²) in [6, 6.07) is 23.4. The summed E-state index contributed by atoms with van der Waals surface area (Å²) < 4.78 is 18.9. The molecule has 1 fully saturated rings. The van der Waals surface area contributed by atoms with Crippen molar-refractivity contribution in [2.45, 2.75) is 25.3 Å². The topological polar surface area (TPSA) is 65.8 Å². The van der Waals surface area contributed by atoms with Gasteiger partial charge in [0, 0.05) is 31.1 Å². The number of fused-ring (bicyclic) bond motifs is 1. The van der Waals surface area contributed by atoms with Crippen LogP contribution in [0.15, 0.2) is 72.8 Å². The number of aryl methyl sites for hydroxylation is 1. The van der Waals surface area contributed by atoms with Gasteiger partial charge in [0.2, 0.25) is 5.91 Å². The Morgan fingerprint density at radius 2 is 1.66 bits per heavy atom. The van der Waals surface area contributed by atoms with E-state index in [2.05, 4.69) is 10.6 Å². The number of ether oxygens (including phenoxy) is 3. The molecule has 0 bridgehead atoms. The number of amides is 1.